The van der Waals surface area contributed by atoms with Crippen LogP contribution in [0, 0.1) is 0 Å². The summed E-state index contributed by atoms with van der Waals surface area (Å²) in [4.78, 5) is 0. The topological polar surface area (TPSA) is 101 Å². The Kier molecular flexibility index (Phi) is 11.0. The van der Waals surface area contributed by atoms with Crippen LogP contribution in [0.25, 0.3) is 11.1 Å². The Hall–Kier alpha value is 2.43. The van der Waals surface area contributed by atoms with Crippen molar-refractivity contribution in [1.29, 1.82) is 0 Å². The Balaban J connectivity index is 0.000000646. The zero-order valence-electron chi connectivity index (χ0n) is 12.1. The molecule has 2 aromatic carbocycles. The van der Waals surface area contributed by atoms with Crippen LogP contribution in [0.2, 0.25) is 0 Å². The molecular formula is C12H4Br9NO4S. The molecule has 0 amide bonds. The van der Waals surface area contributed by atoms with E-state index in [0.29, 0.717) is 5.69 Å². The highest BCUT2D eigenvalue weighted by atomic mass is 79.9. The lowest BCUT2D eigenvalue weighted by atomic mass is 10.0. The summed E-state index contributed by atoms with van der Waals surface area (Å²) < 4.78 is 39.4. The molecule has 0 saturated heterocycles. The van der Waals surface area contributed by atoms with Gasteiger partial charge >= 0.3 is 10.4 Å². The molecule has 0 aliphatic rings. The van der Waals surface area contributed by atoms with Crippen molar-refractivity contribution in [2.45, 2.75) is 0 Å². The molecule has 5 nitrogen and oxygen atoms in total. The van der Waals surface area contributed by atoms with Crippen molar-refractivity contribution in [1.82, 2.24) is 0 Å². The number of hydrogen-bond acceptors (Lipinski definition) is 3. The second kappa shape index (κ2) is 10.8. The van der Waals surface area contributed by atoms with Gasteiger partial charge in [-0.05, 0) is 143 Å². The summed E-state index contributed by atoms with van der Waals surface area (Å²) in [5, 5.41) is 0. The van der Waals surface area contributed by atoms with Crippen LogP contribution < -0.4 is 5.73 Å². The van der Waals surface area contributed by atoms with Gasteiger partial charge in [-0.15, -0.1) is 0 Å². The third-order valence-corrected chi connectivity index (χ3v) is 13.7. The van der Waals surface area contributed by atoms with Crippen molar-refractivity contribution in [3.05, 3.63) is 40.3 Å². The van der Waals surface area contributed by atoms with Crippen molar-refractivity contribution in [3.63, 3.8) is 0 Å². The molecule has 0 fully saturated rings. The van der Waals surface area contributed by atoms with E-state index < -0.39 is 10.4 Å². The first-order valence-corrected chi connectivity index (χ1v) is 14.5. The summed E-state index contributed by atoms with van der Waals surface area (Å²) in [7, 11) is -4.67. The minimum absolute atomic E-state index is 0.615. The van der Waals surface area contributed by atoms with E-state index >= 15 is 0 Å². The van der Waals surface area contributed by atoms with Gasteiger partial charge in [0.25, 0.3) is 0 Å². The predicted octanol–water partition coefficient (Wildman–Crippen LogP) is 9.15. The SMILES string of the molecule is Nc1c(Br)c(Br)c(Br)c(Br)c1-c1c(Br)c(Br)c(Br)c(Br)c1Br.O=S(=O)(O)O. The second-order valence-corrected chi connectivity index (χ2v) is 12.5. The molecule has 2 aromatic rings. The summed E-state index contributed by atoms with van der Waals surface area (Å²) >= 11 is 32.2. The standard InChI is InChI=1S/C12H2Br9N.H2O4S/c13-3-1(4(14)7(17)9(19)6(3)16)2-5(15)8(18)10(20)11(21)12(2)22;1-5(2,3)4/h22H2;(H2,1,2,3,4). The van der Waals surface area contributed by atoms with Gasteiger partial charge in [-0.3, -0.25) is 9.11 Å². The first-order valence-electron chi connectivity index (χ1n) is 5.94. The lowest BCUT2D eigenvalue weighted by Crippen LogP contribution is -1.98. The molecule has 0 aromatic heterocycles. The molecule has 0 bridgehead atoms. The minimum atomic E-state index is -4.67. The molecule has 0 saturated carbocycles. The highest BCUT2D eigenvalue weighted by molar-refractivity contribution is 9.16. The van der Waals surface area contributed by atoms with Gasteiger partial charge in [0.05, 0.1) is 10.2 Å². The van der Waals surface area contributed by atoms with Crippen molar-refractivity contribution in [2.24, 2.45) is 0 Å². The zero-order chi connectivity index (χ0) is 21.4. The number of halogens is 9. The fraction of sp³-hybridized carbons (Fsp3) is 0. The van der Waals surface area contributed by atoms with E-state index in [1.54, 1.807) is 0 Å². The second-order valence-electron chi connectivity index (χ2n) is 4.44. The fourth-order valence-electron chi connectivity index (χ4n) is 1.72. The number of rotatable bonds is 1. The van der Waals surface area contributed by atoms with E-state index in [2.05, 4.69) is 143 Å². The van der Waals surface area contributed by atoms with Gasteiger partial charge in [0, 0.05) is 46.9 Å². The molecule has 0 spiro atoms. The van der Waals surface area contributed by atoms with Gasteiger partial charge < -0.3 is 5.73 Å². The lowest BCUT2D eigenvalue weighted by molar-refractivity contribution is 0.381. The summed E-state index contributed by atoms with van der Waals surface area (Å²) in [6.45, 7) is 0. The molecule has 0 aliphatic heterocycles. The Bertz CT molecular complexity index is 893. The number of nitrogens with two attached hydrogens (primary N) is 1. The molecule has 150 valence electrons. The summed E-state index contributed by atoms with van der Waals surface area (Å²) in [6.07, 6.45) is 0. The Morgan fingerprint density at radius 2 is 0.741 bits per heavy atom. The molecule has 0 atom stereocenters. The summed E-state index contributed by atoms with van der Waals surface area (Å²) in [5.41, 5.74) is 8.74. The third-order valence-electron chi connectivity index (χ3n) is 2.76. The maximum atomic E-state index is 8.74. The predicted molar refractivity (Wildman–Crippen MR) is 140 cm³/mol. The van der Waals surface area contributed by atoms with Crippen LogP contribution in [0.4, 0.5) is 5.69 Å². The molecule has 27 heavy (non-hydrogen) atoms. The van der Waals surface area contributed by atoms with Crippen LogP contribution in [0.15, 0.2) is 40.3 Å². The quantitative estimate of drug-likeness (QED) is 0.115. The van der Waals surface area contributed by atoms with E-state index in [4.69, 9.17) is 23.3 Å². The largest absolute Gasteiger partial charge is 0.397 e. The summed E-state index contributed by atoms with van der Waals surface area (Å²) in [5.74, 6) is 0. The molecule has 4 N–H and O–H groups in total. The Labute approximate surface area is 230 Å². The average Bonchev–Trinajstić information content (AvgIpc) is 2.56. The summed E-state index contributed by atoms with van der Waals surface area (Å²) in [6, 6.07) is 0. The van der Waals surface area contributed by atoms with Crippen molar-refractivity contribution >= 4 is 159 Å². The molecule has 0 unspecified atom stereocenters. The molecule has 2 rings (SSSR count). The van der Waals surface area contributed by atoms with Gasteiger partial charge in [0.2, 0.25) is 0 Å². The van der Waals surface area contributed by atoms with Crippen LogP contribution in [-0.2, 0) is 10.4 Å². The molecule has 0 aliphatic carbocycles. The van der Waals surface area contributed by atoms with Gasteiger partial charge in [-0.1, -0.05) is 0 Å². The van der Waals surface area contributed by atoms with Gasteiger partial charge in [-0.2, -0.15) is 8.42 Å². The van der Waals surface area contributed by atoms with Crippen molar-refractivity contribution < 1.29 is 17.5 Å². The zero-order valence-corrected chi connectivity index (χ0v) is 27.2. The monoisotopic (exact) mass is 968 g/mol. The van der Waals surface area contributed by atoms with Gasteiger partial charge in [-0.25, -0.2) is 0 Å². The third kappa shape index (κ3) is 6.70. The van der Waals surface area contributed by atoms with Crippen molar-refractivity contribution in [2.75, 3.05) is 5.73 Å². The van der Waals surface area contributed by atoms with Crippen LogP contribution in [0.3, 0.4) is 0 Å². The number of anilines is 1. The van der Waals surface area contributed by atoms with Crippen LogP contribution >= 0.6 is 143 Å². The molecule has 0 heterocycles. The molecular weight excluding hydrogens is 973 g/mol. The number of nitrogen functional groups attached to an aromatic ring is 1. The van der Waals surface area contributed by atoms with E-state index in [-0.39, 0.29) is 0 Å². The Morgan fingerprint density at radius 3 is 1.07 bits per heavy atom. The molecule has 15 heteroatoms. The highest BCUT2D eigenvalue weighted by Crippen LogP contribution is 2.54. The number of benzene rings is 2. The normalized spacial score (nSPS) is 11.2. The van der Waals surface area contributed by atoms with Crippen LogP contribution in [-0.4, -0.2) is 17.5 Å². The van der Waals surface area contributed by atoms with Crippen LogP contribution in [0.5, 0.6) is 0 Å². The molecule has 0 radical (unpaired) electrons. The Morgan fingerprint density at radius 1 is 0.519 bits per heavy atom. The van der Waals surface area contributed by atoms with E-state index in [0.717, 1.165) is 51.4 Å². The first-order chi connectivity index (χ1) is 12.1. The minimum Gasteiger partial charge on any atom is -0.397 e. The lowest BCUT2D eigenvalue weighted by Gasteiger charge is -2.19. The van der Waals surface area contributed by atoms with Gasteiger partial charge in [0.1, 0.15) is 0 Å². The maximum absolute atomic E-state index is 8.74. The first kappa shape index (κ1) is 27.5. The van der Waals surface area contributed by atoms with Gasteiger partial charge in [0.15, 0.2) is 0 Å². The van der Waals surface area contributed by atoms with E-state index in [1.807, 2.05) is 0 Å². The van der Waals surface area contributed by atoms with E-state index in [9.17, 15) is 0 Å². The smallest absolute Gasteiger partial charge is 0.394 e. The van der Waals surface area contributed by atoms with Crippen molar-refractivity contribution in [3.8, 4) is 11.1 Å². The van der Waals surface area contributed by atoms with Crippen LogP contribution in [0.1, 0.15) is 0 Å². The fourth-order valence-corrected chi connectivity index (χ4v) is 7.51. The highest BCUT2D eigenvalue weighted by Gasteiger charge is 2.25. The maximum Gasteiger partial charge on any atom is 0.394 e. The number of hydrogen-bond donors (Lipinski definition) is 3. The average molecular weight is 977 g/mol. The van der Waals surface area contributed by atoms with E-state index in [1.165, 1.54) is 0 Å².